The molecule has 0 aromatic heterocycles. The monoisotopic (exact) mass is 597 g/mol. The van der Waals surface area contributed by atoms with Crippen molar-refractivity contribution in [2.75, 3.05) is 23.7 Å². The Morgan fingerprint density at radius 2 is 1.63 bits per heavy atom. The average Bonchev–Trinajstić information content (AvgIpc) is 2.94. The van der Waals surface area contributed by atoms with Crippen LogP contribution in [0.1, 0.15) is 49.3 Å². The molecule has 1 N–H and O–H groups in total. The Morgan fingerprint density at radius 3 is 2.27 bits per heavy atom. The minimum Gasteiger partial charge on any atom is -0.354 e. The molecule has 0 bridgehead atoms. The molecule has 0 unspecified atom stereocenters. The third kappa shape index (κ3) is 10.2. The first kappa shape index (κ1) is 32.2. The van der Waals surface area contributed by atoms with Gasteiger partial charge >= 0.3 is 0 Å². The molecule has 0 heterocycles. The maximum atomic E-state index is 13.9. The Morgan fingerprint density at radius 1 is 0.927 bits per heavy atom. The van der Waals surface area contributed by atoms with E-state index in [0.717, 1.165) is 35.8 Å². The fraction of sp³-hybridized carbons (Fsp3) is 0.375. The van der Waals surface area contributed by atoms with Gasteiger partial charge in [0.05, 0.1) is 11.9 Å². The van der Waals surface area contributed by atoms with E-state index >= 15 is 0 Å². The van der Waals surface area contributed by atoms with E-state index in [1.54, 1.807) is 29.2 Å². The molecule has 0 spiro atoms. The van der Waals surface area contributed by atoms with E-state index in [4.69, 9.17) is 11.6 Å². The van der Waals surface area contributed by atoms with Gasteiger partial charge in [-0.1, -0.05) is 91.2 Å². The molecule has 220 valence electrons. The Labute approximate surface area is 249 Å². The molecule has 0 fully saturated rings. The van der Waals surface area contributed by atoms with Crippen LogP contribution in [-0.4, -0.2) is 50.5 Å². The number of aryl methyl sites for hydroxylation is 1. The van der Waals surface area contributed by atoms with E-state index in [1.807, 2.05) is 61.5 Å². The number of rotatable bonds is 15. The van der Waals surface area contributed by atoms with E-state index in [9.17, 15) is 18.0 Å². The first-order valence-electron chi connectivity index (χ1n) is 14.0. The molecule has 0 saturated carbocycles. The van der Waals surface area contributed by atoms with Crippen molar-refractivity contribution in [2.45, 2.75) is 58.5 Å². The number of halogens is 1. The Bertz CT molecular complexity index is 1380. The number of nitrogens with zero attached hydrogens (tertiary/aromatic N) is 2. The molecule has 3 aromatic rings. The van der Waals surface area contributed by atoms with Crippen molar-refractivity contribution >= 4 is 39.1 Å². The molecule has 3 aromatic carbocycles. The second kappa shape index (κ2) is 15.6. The van der Waals surface area contributed by atoms with Gasteiger partial charge < -0.3 is 10.2 Å². The number of hydrogen-bond acceptors (Lipinski definition) is 4. The van der Waals surface area contributed by atoms with Crippen molar-refractivity contribution in [2.24, 2.45) is 0 Å². The fourth-order valence-corrected chi connectivity index (χ4v) is 5.73. The fourth-order valence-electron chi connectivity index (χ4n) is 4.59. The summed E-state index contributed by atoms with van der Waals surface area (Å²) >= 11 is 6.11. The van der Waals surface area contributed by atoms with Crippen LogP contribution in [-0.2, 0) is 32.6 Å². The summed E-state index contributed by atoms with van der Waals surface area (Å²) in [6, 6.07) is 23.5. The summed E-state index contributed by atoms with van der Waals surface area (Å²) in [6.07, 6.45) is 3.65. The molecular formula is C32H40ClN3O4S. The van der Waals surface area contributed by atoms with Gasteiger partial charge in [0.25, 0.3) is 0 Å². The van der Waals surface area contributed by atoms with Crippen LogP contribution < -0.4 is 9.62 Å². The number of amides is 2. The van der Waals surface area contributed by atoms with E-state index < -0.39 is 16.1 Å². The van der Waals surface area contributed by atoms with E-state index in [2.05, 4.69) is 12.2 Å². The first-order valence-corrected chi connectivity index (χ1v) is 16.2. The summed E-state index contributed by atoms with van der Waals surface area (Å²) in [6.45, 7) is 4.97. The van der Waals surface area contributed by atoms with Gasteiger partial charge in [0, 0.05) is 37.5 Å². The number of hydrogen-bond donors (Lipinski definition) is 1. The Balaban J connectivity index is 1.86. The molecular weight excluding hydrogens is 558 g/mol. The minimum atomic E-state index is -3.60. The highest BCUT2D eigenvalue weighted by Gasteiger charge is 2.30. The van der Waals surface area contributed by atoms with Gasteiger partial charge in [-0.2, -0.15) is 0 Å². The lowest BCUT2D eigenvalue weighted by atomic mass is 10.0. The molecule has 41 heavy (non-hydrogen) atoms. The minimum absolute atomic E-state index is 0.0754. The van der Waals surface area contributed by atoms with E-state index in [0.29, 0.717) is 23.7 Å². The van der Waals surface area contributed by atoms with Crippen LogP contribution in [0.25, 0.3) is 0 Å². The third-order valence-corrected chi connectivity index (χ3v) is 8.25. The largest absolute Gasteiger partial charge is 0.354 e. The number of anilines is 1. The predicted octanol–water partition coefficient (Wildman–Crippen LogP) is 5.75. The molecule has 9 heteroatoms. The Hall–Kier alpha value is -3.36. The van der Waals surface area contributed by atoms with E-state index in [-0.39, 0.29) is 37.7 Å². The molecule has 0 aliphatic heterocycles. The number of carbonyl (C=O) groups excluding carboxylic acids is 2. The number of sulfonamides is 1. The predicted molar refractivity (Wildman–Crippen MR) is 166 cm³/mol. The molecule has 0 radical (unpaired) electrons. The van der Waals surface area contributed by atoms with Gasteiger partial charge in [0.15, 0.2) is 0 Å². The van der Waals surface area contributed by atoms with Gasteiger partial charge in [-0.05, 0) is 49.1 Å². The van der Waals surface area contributed by atoms with Gasteiger partial charge in [-0.15, -0.1) is 0 Å². The zero-order valence-electron chi connectivity index (χ0n) is 24.1. The van der Waals surface area contributed by atoms with Gasteiger partial charge in [0.1, 0.15) is 6.04 Å². The molecule has 7 nitrogen and oxygen atoms in total. The molecule has 0 aliphatic carbocycles. The summed E-state index contributed by atoms with van der Waals surface area (Å²) in [7, 11) is -3.60. The maximum Gasteiger partial charge on any atom is 0.243 e. The van der Waals surface area contributed by atoms with Crippen LogP contribution in [0.2, 0.25) is 5.02 Å². The van der Waals surface area contributed by atoms with E-state index in [1.165, 1.54) is 4.31 Å². The molecule has 0 aliphatic rings. The summed E-state index contributed by atoms with van der Waals surface area (Å²) < 4.78 is 26.4. The van der Waals surface area contributed by atoms with Crippen LogP contribution >= 0.6 is 11.6 Å². The van der Waals surface area contributed by atoms with Crippen molar-refractivity contribution in [1.29, 1.82) is 0 Å². The number of nitrogens with one attached hydrogen (secondary N) is 1. The van der Waals surface area contributed by atoms with Crippen molar-refractivity contribution in [3.63, 3.8) is 0 Å². The lowest BCUT2D eigenvalue weighted by molar-refractivity contribution is -0.141. The first-order chi connectivity index (χ1) is 19.6. The lowest BCUT2D eigenvalue weighted by Crippen LogP contribution is -2.50. The molecule has 3 rings (SSSR count). The topological polar surface area (TPSA) is 86.8 Å². The summed E-state index contributed by atoms with van der Waals surface area (Å²) in [5.74, 6) is -0.406. The van der Waals surface area contributed by atoms with Crippen molar-refractivity contribution < 1.29 is 18.0 Å². The van der Waals surface area contributed by atoms with Crippen LogP contribution in [0.3, 0.4) is 0 Å². The maximum absolute atomic E-state index is 13.9. The summed E-state index contributed by atoms with van der Waals surface area (Å²) in [5.41, 5.74) is 3.42. The van der Waals surface area contributed by atoms with Crippen molar-refractivity contribution in [3.8, 4) is 0 Å². The number of carbonyl (C=O) groups is 2. The SMILES string of the molecule is CCCCNC(=O)[C@H](Cc1ccccc1)N(Cc1ccc(C)cc1)C(=O)CCCN(c1cccc(Cl)c1)S(C)(=O)=O. The van der Waals surface area contributed by atoms with Crippen LogP contribution in [0.4, 0.5) is 5.69 Å². The highest BCUT2D eigenvalue weighted by atomic mass is 35.5. The normalized spacial score (nSPS) is 12.0. The molecule has 1 atom stereocenters. The highest BCUT2D eigenvalue weighted by molar-refractivity contribution is 7.92. The van der Waals surface area contributed by atoms with Crippen LogP contribution in [0.15, 0.2) is 78.9 Å². The summed E-state index contributed by atoms with van der Waals surface area (Å²) in [4.78, 5) is 29.0. The quantitative estimate of drug-likeness (QED) is 0.226. The summed E-state index contributed by atoms with van der Waals surface area (Å²) in [5, 5.41) is 3.45. The van der Waals surface area contributed by atoms with Gasteiger partial charge in [0.2, 0.25) is 21.8 Å². The lowest BCUT2D eigenvalue weighted by Gasteiger charge is -2.32. The number of benzene rings is 3. The second-order valence-corrected chi connectivity index (χ2v) is 12.6. The van der Waals surface area contributed by atoms with Gasteiger partial charge in [-0.25, -0.2) is 8.42 Å². The van der Waals surface area contributed by atoms with Crippen molar-refractivity contribution in [1.82, 2.24) is 10.2 Å². The third-order valence-electron chi connectivity index (χ3n) is 6.82. The second-order valence-electron chi connectivity index (χ2n) is 10.3. The zero-order valence-corrected chi connectivity index (χ0v) is 25.6. The van der Waals surface area contributed by atoms with Crippen LogP contribution in [0.5, 0.6) is 0 Å². The standard InChI is InChI=1S/C32H40ClN3O4S/c1-4-5-20-34-32(38)30(22-26-11-7-6-8-12-26)35(24-27-18-16-25(2)17-19-27)31(37)15-10-21-36(41(3,39)40)29-14-9-13-28(33)23-29/h6-9,11-14,16-19,23,30H,4-5,10,15,20-22,24H2,1-3H3,(H,34,38)/t30-/m0/s1. The average molecular weight is 598 g/mol. The molecule has 0 saturated heterocycles. The van der Waals surface area contributed by atoms with Crippen LogP contribution in [0, 0.1) is 6.92 Å². The molecule has 2 amide bonds. The zero-order chi connectivity index (χ0) is 29.8. The van der Waals surface area contributed by atoms with Gasteiger partial charge in [-0.3, -0.25) is 13.9 Å². The smallest absolute Gasteiger partial charge is 0.243 e. The number of unbranched alkanes of at least 4 members (excludes halogenated alkanes) is 1. The highest BCUT2D eigenvalue weighted by Crippen LogP contribution is 2.23. The Kier molecular flexibility index (Phi) is 12.2. The van der Waals surface area contributed by atoms with Crippen molar-refractivity contribution in [3.05, 3.63) is 101 Å².